The first kappa shape index (κ1) is 15.3. The Hall–Kier alpha value is -1.71. The molecule has 0 aromatic heterocycles. The summed E-state index contributed by atoms with van der Waals surface area (Å²) >= 11 is 0. The molecule has 1 amide bonds. The third-order valence-corrected chi connectivity index (χ3v) is 2.86. The number of rotatable bonds is 6. The molecule has 1 unspecified atom stereocenters. The fourth-order valence-electron chi connectivity index (χ4n) is 1.65. The highest BCUT2D eigenvalue weighted by Crippen LogP contribution is 2.23. The minimum Gasteiger partial charge on any atom is -0.479 e. The van der Waals surface area contributed by atoms with E-state index in [9.17, 15) is 4.79 Å². The Morgan fingerprint density at radius 2 is 2.05 bits per heavy atom. The second kappa shape index (κ2) is 7.02. The summed E-state index contributed by atoms with van der Waals surface area (Å²) in [6, 6.07) is 5.54. The smallest absolute Gasteiger partial charge is 0.260 e. The van der Waals surface area contributed by atoms with Gasteiger partial charge in [-0.15, -0.1) is 0 Å². The van der Waals surface area contributed by atoms with Gasteiger partial charge in [0.2, 0.25) is 0 Å². The van der Waals surface area contributed by atoms with Crippen LogP contribution in [0.5, 0.6) is 5.75 Å². The van der Waals surface area contributed by atoms with Crippen LogP contribution in [0.15, 0.2) is 18.2 Å². The van der Waals surface area contributed by atoms with Gasteiger partial charge in [-0.1, -0.05) is 19.9 Å². The Balaban J connectivity index is 2.49. The summed E-state index contributed by atoms with van der Waals surface area (Å²) in [5, 5.41) is 2.86. The van der Waals surface area contributed by atoms with Crippen molar-refractivity contribution in [1.29, 1.82) is 0 Å². The Labute approximate surface area is 115 Å². The highest BCUT2D eigenvalue weighted by Gasteiger charge is 2.15. The lowest BCUT2D eigenvalue weighted by Gasteiger charge is -2.16. The fourth-order valence-corrected chi connectivity index (χ4v) is 1.65. The second-order valence-corrected chi connectivity index (χ2v) is 5.27. The zero-order chi connectivity index (χ0) is 14.4. The molecular weight excluding hydrogens is 240 g/mol. The van der Waals surface area contributed by atoms with Gasteiger partial charge in [0.25, 0.3) is 5.91 Å². The normalized spacial score (nSPS) is 12.3. The van der Waals surface area contributed by atoms with Gasteiger partial charge in [-0.2, -0.15) is 0 Å². The van der Waals surface area contributed by atoms with E-state index in [-0.39, 0.29) is 5.91 Å². The predicted molar refractivity (Wildman–Crippen MR) is 78.1 cm³/mol. The van der Waals surface area contributed by atoms with E-state index in [2.05, 4.69) is 19.2 Å². The van der Waals surface area contributed by atoms with Gasteiger partial charge in [0, 0.05) is 6.54 Å². The van der Waals surface area contributed by atoms with Crippen molar-refractivity contribution < 1.29 is 9.53 Å². The molecule has 106 valence electrons. The zero-order valence-corrected chi connectivity index (χ0v) is 12.2. The second-order valence-electron chi connectivity index (χ2n) is 5.27. The number of ether oxygens (including phenoxy) is 1. The van der Waals surface area contributed by atoms with Gasteiger partial charge in [-0.25, -0.2) is 0 Å². The van der Waals surface area contributed by atoms with Gasteiger partial charge in [-0.3, -0.25) is 4.79 Å². The molecule has 0 aliphatic carbocycles. The van der Waals surface area contributed by atoms with Gasteiger partial charge >= 0.3 is 0 Å². The maximum atomic E-state index is 11.8. The lowest BCUT2D eigenvalue weighted by Crippen LogP contribution is -2.37. The van der Waals surface area contributed by atoms with Gasteiger partial charge in [0.05, 0.1) is 5.69 Å². The monoisotopic (exact) mass is 264 g/mol. The largest absolute Gasteiger partial charge is 0.479 e. The van der Waals surface area contributed by atoms with Crippen LogP contribution in [0, 0.1) is 12.8 Å². The van der Waals surface area contributed by atoms with E-state index in [1.54, 1.807) is 13.0 Å². The van der Waals surface area contributed by atoms with Crippen molar-refractivity contribution in [2.24, 2.45) is 5.92 Å². The predicted octanol–water partition coefficient (Wildman–Crippen LogP) is 2.51. The van der Waals surface area contributed by atoms with E-state index in [1.165, 1.54) is 0 Å². The summed E-state index contributed by atoms with van der Waals surface area (Å²) in [6.45, 7) is 8.61. The Bertz CT molecular complexity index is 430. The van der Waals surface area contributed by atoms with Crippen molar-refractivity contribution in [3.05, 3.63) is 23.8 Å². The van der Waals surface area contributed by atoms with E-state index in [1.807, 2.05) is 19.1 Å². The van der Waals surface area contributed by atoms with E-state index in [0.717, 1.165) is 12.0 Å². The number of hydrogen-bond acceptors (Lipinski definition) is 3. The standard InChI is InChI=1S/C15H24N2O2/c1-10(2)7-8-17-15(18)12(4)19-14-6-5-11(3)9-13(14)16/h5-6,9-10,12H,7-8,16H2,1-4H3,(H,17,18). The van der Waals surface area contributed by atoms with Crippen molar-refractivity contribution in [3.63, 3.8) is 0 Å². The van der Waals surface area contributed by atoms with E-state index in [0.29, 0.717) is 23.9 Å². The maximum absolute atomic E-state index is 11.8. The van der Waals surface area contributed by atoms with Crippen LogP contribution in [0.3, 0.4) is 0 Å². The summed E-state index contributed by atoms with van der Waals surface area (Å²) in [4.78, 5) is 11.8. The van der Waals surface area contributed by atoms with Crippen molar-refractivity contribution in [2.45, 2.75) is 40.2 Å². The molecule has 0 aliphatic rings. The minimum absolute atomic E-state index is 0.111. The van der Waals surface area contributed by atoms with Gasteiger partial charge in [-0.05, 0) is 43.9 Å². The first-order valence-corrected chi connectivity index (χ1v) is 6.70. The van der Waals surface area contributed by atoms with Crippen LogP contribution < -0.4 is 15.8 Å². The number of nitrogens with two attached hydrogens (primary N) is 1. The Morgan fingerprint density at radius 1 is 1.37 bits per heavy atom. The molecule has 0 radical (unpaired) electrons. The van der Waals surface area contributed by atoms with E-state index < -0.39 is 6.10 Å². The molecule has 1 atom stereocenters. The van der Waals surface area contributed by atoms with Crippen LogP contribution in [0.2, 0.25) is 0 Å². The first-order chi connectivity index (χ1) is 8.90. The van der Waals surface area contributed by atoms with E-state index >= 15 is 0 Å². The lowest BCUT2D eigenvalue weighted by molar-refractivity contribution is -0.127. The molecule has 1 rings (SSSR count). The molecule has 0 saturated carbocycles. The van der Waals surface area contributed by atoms with Crippen LogP contribution in [-0.4, -0.2) is 18.6 Å². The molecule has 0 spiro atoms. The first-order valence-electron chi connectivity index (χ1n) is 6.70. The summed E-state index contributed by atoms with van der Waals surface area (Å²) in [7, 11) is 0. The van der Waals surface area contributed by atoms with Crippen molar-refractivity contribution in [2.75, 3.05) is 12.3 Å². The van der Waals surface area contributed by atoms with Crippen LogP contribution in [0.1, 0.15) is 32.8 Å². The molecule has 0 aliphatic heterocycles. The van der Waals surface area contributed by atoms with Crippen molar-refractivity contribution in [3.8, 4) is 5.75 Å². The number of hydrogen-bond donors (Lipinski definition) is 2. The number of benzene rings is 1. The van der Waals surface area contributed by atoms with Crippen LogP contribution in [-0.2, 0) is 4.79 Å². The molecule has 4 heteroatoms. The maximum Gasteiger partial charge on any atom is 0.260 e. The lowest BCUT2D eigenvalue weighted by atomic mass is 10.1. The molecule has 0 fully saturated rings. The molecule has 0 bridgehead atoms. The van der Waals surface area contributed by atoms with Gasteiger partial charge < -0.3 is 15.8 Å². The highest BCUT2D eigenvalue weighted by molar-refractivity contribution is 5.80. The molecule has 0 heterocycles. The quantitative estimate of drug-likeness (QED) is 0.776. The number of carbonyl (C=O) groups excluding carboxylic acids is 1. The van der Waals surface area contributed by atoms with Crippen molar-refractivity contribution in [1.82, 2.24) is 5.32 Å². The van der Waals surface area contributed by atoms with Gasteiger partial charge in [0.15, 0.2) is 6.10 Å². The van der Waals surface area contributed by atoms with E-state index in [4.69, 9.17) is 10.5 Å². The number of aryl methyl sites for hydroxylation is 1. The Morgan fingerprint density at radius 3 is 2.63 bits per heavy atom. The highest BCUT2D eigenvalue weighted by atomic mass is 16.5. The van der Waals surface area contributed by atoms with Crippen LogP contribution in [0.25, 0.3) is 0 Å². The third kappa shape index (κ3) is 5.20. The topological polar surface area (TPSA) is 64.3 Å². The summed E-state index contributed by atoms with van der Waals surface area (Å²) in [6.07, 6.45) is 0.419. The Kier molecular flexibility index (Phi) is 5.67. The number of carbonyl (C=O) groups is 1. The molecule has 4 nitrogen and oxygen atoms in total. The zero-order valence-electron chi connectivity index (χ0n) is 12.2. The number of anilines is 1. The van der Waals surface area contributed by atoms with Crippen molar-refractivity contribution >= 4 is 11.6 Å². The van der Waals surface area contributed by atoms with Gasteiger partial charge in [0.1, 0.15) is 5.75 Å². The minimum atomic E-state index is -0.544. The summed E-state index contributed by atoms with van der Waals surface area (Å²) in [5.41, 5.74) is 7.48. The number of amides is 1. The fraction of sp³-hybridized carbons (Fsp3) is 0.533. The number of nitrogens with one attached hydrogen (secondary N) is 1. The third-order valence-electron chi connectivity index (χ3n) is 2.86. The average molecular weight is 264 g/mol. The van der Waals surface area contributed by atoms with Crippen LogP contribution >= 0.6 is 0 Å². The molecule has 1 aromatic carbocycles. The molecule has 1 aromatic rings. The average Bonchev–Trinajstić information content (AvgIpc) is 2.32. The SMILES string of the molecule is Cc1ccc(OC(C)C(=O)NCCC(C)C)c(N)c1. The molecule has 19 heavy (non-hydrogen) atoms. The summed E-state index contributed by atoms with van der Waals surface area (Å²) in [5.74, 6) is 1.02. The van der Waals surface area contributed by atoms with Crippen LogP contribution in [0.4, 0.5) is 5.69 Å². The molecule has 3 N–H and O–H groups in total. The number of nitrogen functional groups attached to an aromatic ring is 1. The summed E-state index contributed by atoms with van der Waals surface area (Å²) < 4.78 is 5.58. The molecular formula is C15H24N2O2. The molecule has 0 saturated heterocycles.